The summed E-state index contributed by atoms with van der Waals surface area (Å²) in [5.41, 5.74) is 0.0106. The molecule has 0 saturated carbocycles. The van der Waals surface area contributed by atoms with Crippen molar-refractivity contribution >= 4 is 27.8 Å². The Morgan fingerprint density at radius 2 is 2.05 bits per heavy atom. The summed E-state index contributed by atoms with van der Waals surface area (Å²) in [6.45, 7) is 6.50. The van der Waals surface area contributed by atoms with Crippen molar-refractivity contribution in [2.24, 2.45) is 0 Å². The van der Waals surface area contributed by atoms with Gasteiger partial charge in [0, 0.05) is 19.2 Å². The molecule has 0 amide bonds. The Morgan fingerprint density at radius 1 is 1.47 bits per heavy atom. The van der Waals surface area contributed by atoms with E-state index in [2.05, 4.69) is 0 Å². The molecule has 2 heterocycles. The fourth-order valence-corrected chi connectivity index (χ4v) is 3.29. The van der Waals surface area contributed by atoms with Crippen molar-refractivity contribution in [3.8, 4) is 0 Å². The monoisotopic (exact) mass is 284 g/mol. The van der Waals surface area contributed by atoms with E-state index in [0.717, 1.165) is 0 Å². The van der Waals surface area contributed by atoms with E-state index in [-0.39, 0.29) is 23.7 Å². The van der Waals surface area contributed by atoms with Crippen molar-refractivity contribution in [1.82, 2.24) is 0 Å². The summed E-state index contributed by atoms with van der Waals surface area (Å²) in [5, 5.41) is 11.7. The van der Waals surface area contributed by atoms with Gasteiger partial charge in [0.1, 0.15) is 0 Å². The van der Waals surface area contributed by atoms with E-state index in [1.54, 1.807) is 0 Å². The van der Waals surface area contributed by atoms with Gasteiger partial charge in [-0.15, -0.1) is 11.3 Å². The summed E-state index contributed by atoms with van der Waals surface area (Å²) in [6.07, 6.45) is 0.0393. The van der Waals surface area contributed by atoms with Gasteiger partial charge in [0.2, 0.25) is 0 Å². The van der Waals surface area contributed by atoms with Crippen LogP contribution in [0.4, 0.5) is 10.7 Å². The van der Waals surface area contributed by atoms with Crippen LogP contribution in [0.25, 0.3) is 0 Å². The fraction of sp³-hybridized carbons (Fsp3) is 0.583. The molecule has 1 aliphatic rings. The zero-order chi connectivity index (χ0) is 14.2. The molecule has 19 heavy (non-hydrogen) atoms. The number of hydrogen-bond acceptors (Lipinski definition) is 6. The molecule has 0 bridgehead atoms. The van der Waals surface area contributed by atoms with Gasteiger partial charge in [-0.1, -0.05) is 0 Å². The van der Waals surface area contributed by atoms with Crippen molar-refractivity contribution in [2.75, 3.05) is 18.0 Å². The number of carbonyl (C=O) groups is 1. The van der Waals surface area contributed by atoms with Crippen molar-refractivity contribution in [1.29, 1.82) is 0 Å². The molecule has 2 atom stereocenters. The normalized spacial score (nSPS) is 23.4. The smallest absolute Gasteiger partial charge is 0.304 e. The summed E-state index contributed by atoms with van der Waals surface area (Å²) >= 11 is 1.19. The number of ketones is 1. The van der Waals surface area contributed by atoms with Crippen LogP contribution < -0.4 is 4.90 Å². The third-order valence-corrected chi connectivity index (χ3v) is 4.23. The zero-order valence-electron chi connectivity index (χ0n) is 11.1. The molecule has 2 unspecified atom stereocenters. The van der Waals surface area contributed by atoms with Crippen LogP contribution in [0, 0.1) is 10.1 Å². The molecule has 0 spiro atoms. The average Bonchev–Trinajstić information content (AvgIpc) is 2.72. The lowest BCUT2D eigenvalue weighted by Crippen LogP contribution is -2.45. The van der Waals surface area contributed by atoms with Gasteiger partial charge < -0.3 is 9.64 Å². The minimum atomic E-state index is -0.428. The molecule has 1 saturated heterocycles. The number of carbonyl (C=O) groups excluding carboxylic acids is 1. The number of nitrogens with zero attached hydrogens (tertiary/aromatic N) is 2. The Morgan fingerprint density at radius 3 is 2.53 bits per heavy atom. The van der Waals surface area contributed by atoms with Crippen molar-refractivity contribution < 1.29 is 14.5 Å². The van der Waals surface area contributed by atoms with E-state index < -0.39 is 4.92 Å². The molecule has 6 nitrogen and oxygen atoms in total. The van der Waals surface area contributed by atoms with E-state index >= 15 is 0 Å². The van der Waals surface area contributed by atoms with Crippen LogP contribution in [-0.4, -0.2) is 36.0 Å². The first-order valence-electron chi connectivity index (χ1n) is 6.08. The van der Waals surface area contributed by atoms with Gasteiger partial charge in [0.15, 0.2) is 10.8 Å². The average molecular weight is 284 g/mol. The van der Waals surface area contributed by atoms with E-state index in [9.17, 15) is 14.9 Å². The summed E-state index contributed by atoms with van der Waals surface area (Å²) in [4.78, 5) is 24.4. The minimum Gasteiger partial charge on any atom is -0.372 e. The summed E-state index contributed by atoms with van der Waals surface area (Å²) < 4.78 is 5.62. The van der Waals surface area contributed by atoms with E-state index in [1.807, 2.05) is 18.7 Å². The van der Waals surface area contributed by atoms with E-state index in [1.165, 1.54) is 24.3 Å². The molecule has 0 radical (unpaired) electrons. The van der Waals surface area contributed by atoms with Crippen LogP contribution in [0.1, 0.15) is 30.4 Å². The SMILES string of the molecule is CC(=O)c1cc([N+](=O)[O-])c(N2CC(C)OC(C)C2)s1. The maximum Gasteiger partial charge on any atom is 0.304 e. The highest BCUT2D eigenvalue weighted by Gasteiger charge is 2.30. The number of thiophene rings is 1. The van der Waals surface area contributed by atoms with Crippen molar-refractivity contribution in [3.05, 3.63) is 21.1 Å². The maximum absolute atomic E-state index is 11.4. The number of morpholine rings is 1. The number of anilines is 1. The number of nitro groups is 1. The predicted molar refractivity (Wildman–Crippen MR) is 73.2 cm³/mol. The first-order chi connectivity index (χ1) is 8.88. The molecule has 0 aliphatic carbocycles. The van der Waals surface area contributed by atoms with Crippen LogP contribution in [0.5, 0.6) is 0 Å². The summed E-state index contributed by atoms with van der Waals surface area (Å²) in [5.74, 6) is -0.145. The van der Waals surface area contributed by atoms with Gasteiger partial charge in [0.05, 0.1) is 22.0 Å². The van der Waals surface area contributed by atoms with Gasteiger partial charge in [0.25, 0.3) is 0 Å². The topological polar surface area (TPSA) is 72.7 Å². The number of rotatable bonds is 3. The van der Waals surface area contributed by atoms with Gasteiger partial charge in [-0.2, -0.15) is 0 Å². The molecule has 1 aromatic rings. The van der Waals surface area contributed by atoms with Crippen molar-refractivity contribution in [2.45, 2.75) is 33.0 Å². The van der Waals surface area contributed by atoms with E-state index in [4.69, 9.17) is 4.74 Å². The second-order valence-electron chi connectivity index (χ2n) is 4.78. The van der Waals surface area contributed by atoms with Crippen LogP contribution in [0.3, 0.4) is 0 Å². The molecule has 104 valence electrons. The summed E-state index contributed by atoms with van der Waals surface area (Å²) in [6, 6.07) is 1.37. The first-order valence-corrected chi connectivity index (χ1v) is 6.89. The quantitative estimate of drug-likeness (QED) is 0.484. The lowest BCUT2D eigenvalue weighted by atomic mass is 10.2. The van der Waals surface area contributed by atoms with E-state index in [0.29, 0.717) is 23.0 Å². The number of hydrogen-bond donors (Lipinski definition) is 0. The van der Waals surface area contributed by atoms with Crippen LogP contribution in [-0.2, 0) is 4.74 Å². The molecule has 1 aromatic heterocycles. The minimum absolute atomic E-state index is 0.0106. The second kappa shape index (κ2) is 5.26. The second-order valence-corrected chi connectivity index (χ2v) is 5.81. The first kappa shape index (κ1) is 14.0. The Bertz CT molecular complexity index is 504. The molecule has 1 fully saturated rings. The number of ether oxygens (including phenoxy) is 1. The lowest BCUT2D eigenvalue weighted by Gasteiger charge is -2.35. The molecule has 0 aromatic carbocycles. The number of Topliss-reactive ketones (excluding diaryl/α,β-unsaturated/α-hetero) is 1. The highest BCUT2D eigenvalue weighted by atomic mass is 32.1. The molecular formula is C12H16N2O4S. The van der Waals surface area contributed by atoms with Gasteiger partial charge in [-0.05, 0) is 20.8 Å². The van der Waals surface area contributed by atoms with Crippen LogP contribution in [0.15, 0.2) is 6.07 Å². The Kier molecular flexibility index (Phi) is 3.86. The molecule has 0 N–H and O–H groups in total. The standard InChI is InChI=1S/C12H16N2O4S/c1-7-5-13(6-8(2)18-7)12-10(14(16)17)4-11(19-12)9(3)15/h4,7-8H,5-6H2,1-3H3. The molecule has 2 rings (SSSR count). The maximum atomic E-state index is 11.4. The predicted octanol–water partition coefficient (Wildman–Crippen LogP) is 2.47. The van der Waals surface area contributed by atoms with Gasteiger partial charge in [-0.3, -0.25) is 14.9 Å². The molecule has 1 aliphatic heterocycles. The molecule has 7 heteroatoms. The highest BCUT2D eigenvalue weighted by molar-refractivity contribution is 7.18. The highest BCUT2D eigenvalue weighted by Crippen LogP contribution is 2.39. The van der Waals surface area contributed by atoms with Gasteiger partial charge >= 0.3 is 5.69 Å². The van der Waals surface area contributed by atoms with Crippen LogP contribution >= 0.6 is 11.3 Å². The molecular weight excluding hydrogens is 268 g/mol. The Hall–Kier alpha value is -1.47. The third kappa shape index (κ3) is 2.93. The lowest BCUT2D eigenvalue weighted by molar-refractivity contribution is -0.383. The summed E-state index contributed by atoms with van der Waals surface area (Å²) in [7, 11) is 0. The van der Waals surface area contributed by atoms with Crippen LogP contribution in [0.2, 0.25) is 0 Å². The Balaban J connectivity index is 2.37. The zero-order valence-corrected chi connectivity index (χ0v) is 11.9. The van der Waals surface area contributed by atoms with Crippen molar-refractivity contribution in [3.63, 3.8) is 0 Å². The Labute approximate surface area is 115 Å². The third-order valence-electron chi connectivity index (χ3n) is 2.94. The van der Waals surface area contributed by atoms with Gasteiger partial charge in [-0.25, -0.2) is 0 Å². The largest absolute Gasteiger partial charge is 0.372 e. The fourth-order valence-electron chi connectivity index (χ4n) is 2.25.